The highest BCUT2D eigenvalue weighted by Crippen LogP contribution is 2.41. The van der Waals surface area contributed by atoms with Gasteiger partial charge in [0.1, 0.15) is 11.5 Å². The molecule has 2 N–H and O–H groups in total. The van der Waals surface area contributed by atoms with Crippen molar-refractivity contribution in [2.24, 2.45) is 0 Å². The van der Waals surface area contributed by atoms with Crippen molar-refractivity contribution in [1.82, 2.24) is 0 Å². The van der Waals surface area contributed by atoms with Gasteiger partial charge in [-0.1, -0.05) is 43.5 Å². The SMILES string of the molecule is Oc1[c]ccc(-c2cccc(C3CCCCC3)c2O)c1. The predicted molar refractivity (Wildman–Crippen MR) is 79.9 cm³/mol. The number of phenols is 2. The smallest absolute Gasteiger partial charge is 0.126 e. The number of rotatable bonds is 2. The first kappa shape index (κ1) is 13.0. The maximum absolute atomic E-state index is 10.6. The monoisotopic (exact) mass is 267 g/mol. The molecule has 3 rings (SSSR count). The second-order valence-electron chi connectivity index (χ2n) is 5.54. The second-order valence-corrected chi connectivity index (χ2v) is 5.54. The Morgan fingerprint density at radius 2 is 1.80 bits per heavy atom. The number of para-hydroxylation sites is 1. The molecule has 0 saturated heterocycles. The molecule has 1 radical (unpaired) electrons. The minimum absolute atomic E-state index is 0.102. The number of hydrogen-bond acceptors (Lipinski definition) is 2. The van der Waals surface area contributed by atoms with E-state index in [1.165, 1.54) is 19.3 Å². The van der Waals surface area contributed by atoms with Gasteiger partial charge >= 0.3 is 0 Å². The second kappa shape index (κ2) is 5.58. The molecule has 0 atom stereocenters. The third kappa shape index (κ3) is 2.51. The van der Waals surface area contributed by atoms with Crippen LogP contribution in [0.2, 0.25) is 0 Å². The average Bonchev–Trinajstić information content (AvgIpc) is 2.48. The Kier molecular flexibility index (Phi) is 3.64. The molecule has 1 saturated carbocycles. The summed E-state index contributed by atoms with van der Waals surface area (Å²) in [6.07, 6.45) is 6.11. The van der Waals surface area contributed by atoms with Crippen molar-refractivity contribution in [2.45, 2.75) is 38.0 Å². The molecule has 0 amide bonds. The summed E-state index contributed by atoms with van der Waals surface area (Å²) < 4.78 is 0. The van der Waals surface area contributed by atoms with Crippen LogP contribution >= 0.6 is 0 Å². The lowest BCUT2D eigenvalue weighted by Gasteiger charge is -2.23. The fourth-order valence-corrected chi connectivity index (χ4v) is 3.16. The first-order valence-electron chi connectivity index (χ1n) is 7.28. The summed E-state index contributed by atoms with van der Waals surface area (Å²) in [5, 5.41) is 20.1. The number of hydrogen-bond donors (Lipinski definition) is 2. The third-order valence-corrected chi connectivity index (χ3v) is 4.21. The number of aromatic hydroxyl groups is 2. The predicted octanol–water partition coefficient (Wildman–Crippen LogP) is 4.61. The zero-order valence-electron chi connectivity index (χ0n) is 11.5. The van der Waals surface area contributed by atoms with Crippen LogP contribution in [0.15, 0.2) is 36.4 Å². The van der Waals surface area contributed by atoms with Crippen molar-refractivity contribution in [2.75, 3.05) is 0 Å². The van der Waals surface area contributed by atoms with E-state index in [2.05, 4.69) is 6.07 Å². The molecule has 0 aromatic heterocycles. The average molecular weight is 267 g/mol. The Bertz CT molecular complexity index is 598. The lowest BCUT2D eigenvalue weighted by Crippen LogP contribution is -2.05. The summed E-state index contributed by atoms with van der Waals surface area (Å²) in [7, 11) is 0. The van der Waals surface area contributed by atoms with Crippen LogP contribution < -0.4 is 0 Å². The summed E-state index contributed by atoms with van der Waals surface area (Å²) in [4.78, 5) is 0. The molecular formula is C18H19O2. The molecule has 1 aliphatic carbocycles. The summed E-state index contributed by atoms with van der Waals surface area (Å²) >= 11 is 0. The van der Waals surface area contributed by atoms with Crippen LogP contribution in [0.3, 0.4) is 0 Å². The van der Waals surface area contributed by atoms with E-state index in [9.17, 15) is 10.2 Å². The van der Waals surface area contributed by atoms with Crippen molar-refractivity contribution >= 4 is 0 Å². The van der Waals surface area contributed by atoms with Gasteiger partial charge in [0.15, 0.2) is 0 Å². The summed E-state index contributed by atoms with van der Waals surface area (Å²) in [5.74, 6) is 0.933. The van der Waals surface area contributed by atoms with E-state index >= 15 is 0 Å². The molecule has 0 aliphatic heterocycles. The molecule has 20 heavy (non-hydrogen) atoms. The van der Waals surface area contributed by atoms with E-state index in [0.29, 0.717) is 11.7 Å². The van der Waals surface area contributed by atoms with Gasteiger partial charge in [-0.05, 0) is 42.0 Å². The van der Waals surface area contributed by atoms with E-state index in [1.807, 2.05) is 24.3 Å². The van der Waals surface area contributed by atoms with E-state index in [1.54, 1.807) is 12.1 Å². The van der Waals surface area contributed by atoms with Crippen molar-refractivity contribution in [3.05, 3.63) is 48.0 Å². The van der Waals surface area contributed by atoms with Gasteiger partial charge in [0.2, 0.25) is 0 Å². The molecule has 2 aromatic carbocycles. The minimum atomic E-state index is 0.102. The van der Waals surface area contributed by atoms with Gasteiger partial charge in [0.25, 0.3) is 0 Å². The zero-order chi connectivity index (χ0) is 13.9. The van der Waals surface area contributed by atoms with Crippen LogP contribution in [0.1, 0.15) is 43.6 Å². The molecule has 2 heteroatoms. The summed E-state index contributed by atoms with van der Waals surface area (Å²) in [5.41, 5.74) is 2.67. The zero-order valence-corrected chi connectivity index (χ0v) is 11.5. The van der Waals surface area contributed by atoms with Gasteiger partial charge in [0, 0.05) is 11.6 Å². The molecule has 1 fully saturated rings. The lowest BCUT2D eigenvalue weighted by molar-refractivity contribution is 0.415. The largest absolute Gasteiger partial charge is 0.507 e. The van der Waals surface area contributed by atoms with E-state index in [-0.39, 0.29) is 5.75 Å². The van der Waals surface area contributed by atoms with E-state index < -0.39 is 0 Å². The third-order valence-electron chi connectivity index (χ3n) is 4.21. The van der Waals surface area contributed by atoms with Crippen LogP contribution in [-0.4, -0.2) is 10.2 Å². The first-order valence-corrected chi connectivity index (χ1v) is 7.28. The van der Waals surface area contributed by atoms with Crippen LogP contribution in [0.25, 0.3) is 11.1 Å². The Morgan fingerprint density at radius 1 is 1.00 bits per heavy atom. The van der Waals surface area contributed by atoms with E-state index in [0.717, 1.165) is 29.5 Å². The highest BCUT2D eigenvalue weighted by atomic mass is 16.3. The highest BCUT2D eigenvalue weighted by molar-refractivity contribution is 5.73. The molecule has 0 spiro atoms. The fraction of sp³-hybridized carbons (Fsp3) is 0.333. The first-order chi connectivity index (χ1) is 9.75. The Morgan fingerprint density at radius 3 is 2.55 bits per heavy atom. The molecule has 0 bridgehead atoms. The van der Waals surface area contributed by atoms with Crippen LogP contribution in [0.5, 0.6) is 11.5 Å². The van der Waals surface area contributed by atoms with Crippen molar-refractivity contribution in [1.29, 1.82) is 0 Å². The Labute approximate surface area is 119 Å². The standard InChI is InChI=1S/C18H19O2/c19-15-9-4-8-14(12-15)17-11-5-10-16(18(17)20)13-6-2-1-3-7-13/h4-5,8,10-13,19-20H,1-3,6-7H2. The highest BCUT2D eigenvalue weighted by Gasteiger charge is 2.20. The molecule has 2 nitrogen and oxygen atoms in total. The van der Waals surface area contributed by atoms with Gasteiger partial charge in [0.05, 0.1) is 0 Å². The Balaban J connectivity index is 2.00. The lowest BCUT2D eigenvalue weighted by atomic mass is 9.82. The molecule has 0 heterocycles. The van der Waals surface area contributed by atoms with Crippen molar-refractivity contribution in [3.63, 3.8) is 0 Å². The van der Waals surface area contributed by atoms with Gasteiger partial charge in [-0.15, -0.1) is 0 Å². The van der Waals surface area contributed by atoms with Gasteiger partial charge in [-0.3, -0.25) is 0 Å². The maximum Gasteiger partial charge on any atom is 0.126 e. The molecule has 1 aliphatic rings. The summed E-state index contributed by atoms with van der Waals surface area (Å²) in [6.45, 7) is 0. The molecule has 103 valence electrons. The van der Waals surface area contributed by atoms with Crippen LogP contribution in [0, 0.1) is 6.07 Å². The van der Waals surface area contributed by atoms with Gasteiger partial charge in [-0.25, -0.2) is 0 Å². The fourth-order valence-electron chi connectivity index (χ4n) is 3.16. The van der Waals surface area contributed by atoms with Gasteiger partial charge in [-0.2, -0.15) is 0 Å². The minimum Gasteiger partial charge on any atom is -0.507 e. The van der Waals surface area contributed by atoms with Gasteiger partial charge < -0.3 is 10.2 Å². The van der Waals surface area contributed by atoms with Crippen LogP contribution in [0.4, 0.5) is 0 Å². The molecule has 2 aromatic rings. The van der Waals surface area contributed by atoms with E-state index in [4.69, 9.17) is 0 Å². The number of benzene rings is 2. The quantitative estimate of drug-likeness (QED) is 0.834. The summed E-state index contributed by atoms with van der Waals surface area (Å²) in [6, 6.07) is 13.8. The maximum atomic E-state index is 10.6. The van der Waals surface area contributed by atoms with Crippen molar-refractivity contribution < 1.29 is 10.2 Å². The normalized spacial score (nSPS) is 16.2. The number of phenolic OH excluding ortho intramolecular Hbond substituents is 2. The van der Waals surface area contributed by atoms with Crippen LogP contribution in [-0.2, 0) is 0 Å². The Hall–Kier alpha value is -1.96. The molecule has 0 unspecified atom stereocenters. The molecular weight excluding hydrogens is 248 g/mol. The van der Waals surface area contributed by atoms with Crippen molar-refractivity contribution in [3.8, 4) is 22.6 Å². The topological polar surface area (TPSA) is 40.5 Å².